The minimum Gasteiger partial charge on any atom is -0.493 e. The van der Waals surface area contributed by atoms with Crippen LogP contribution in [-0.4, -0.2) is 52.7 Å². The lowest BCUT2D eigenvalue weighted by Gasteiger charge is -2.28. The topological polar surface area (TPSA) is 97.0 Å². The van der Waals surface area contributed by atoms with Crippen LogP contribution in [0.3, 0.4) is 0 Å². The maximum Gasteiger partial charge on any atom is 0.241 e. The van der Waals surface area contributed by atoms with Gasteiger partial charge in [0.15, 0.2) is 0 Å². The molecule has 4 aromatic rings. The summed E-state index contributed by atoms with van der Waals surface area (Å²) in [5, 5.41) is 4.59. The van der Waals surface area contributed by atoms with Crippen LogP contribution in [0, 0.1) is 5.92 Å². The van der Waals surface area contributed by atoms with E-state index in [1.165, 1.54) is 6.07 Å². The van der Waals surface area contributed by atoms with Gasteiger partial charge in [0.25, 0.3) is 0 Å². The molecule has 1 amide bonds. The Bertz CT molecular complexity index is 1750. The van der Waals surface area contributed by atoms with Gasteiger partial charge in [0.1, 0.15) is 24.8 Å². The van der Waals surface area contributed by atoms with E-state index in [1.54, 1.807) is 42.5 Å². The van der Waals surface area contributed by atoms with E-state index in [9.17, 15) is 17.6 Å². The molecule has 2 atom stereocenters. The normalized spacial score (nSPS) is 15.4. The first kappa shape index (κ1) is 33.4. The molecular weight excluding hydrogens is 605 g/mol. The van der Waals surface area contributed by atoms with Crippen molar-refractivity contribution in [1.82, 2.24) is 14.9 Å². The van der Waals surface area contributed by atoms with Gasteiger partial charge in [-0.1, -0.05) is 68.4 Å². The van der Waals surface area contributed by atoms with Crippen LogP contribution in [-0.2, 0) is 21.4 Å². The van der Waals surface area contributed by atoms with Gasteiger partial charge >= 0.3 is 0 Å². The number of nitrogens with zero attached hydrogens (tertiary/aromatic N) is 1. The van der Waals surface area contributed by atoms with Crippen LogP contribution in [0.1, 0.15) is 55.5 Å². The van der Waals surface area contributed by atoms with Gasteiger partial charge < -0.3 is 19.7 Å². The van der Waals surface area contributed by atoms with Crippen LogP contribution in [0.25, 0.3) is 10.8 Å². The number of carbonyl (C=O) groups excluding carboxylic acids is 1. The molecule has 46 heavy (non-hydrogen) atoms. The van der Waals surface area contributed by atoms with Crippen molar-refractivity contribution in [2.24, 2.45) is 5.92 Å². The number of halogens is 1. The molecule has 0 radical (unpaired) electrons. The number of sulfonamides is 1. The maximum atomic E-state index is 13.6. The van der Waals surface area contributed by atoms with Crippen molar-refractivity contribution in [3.63, 3.8) is 0 Å². The molecular formula is C36H42FN3O5S. The second-order valence-corrected chi connectivity index (χ2v) is 13.9. The van der Waals surface area contributed by atoms with Crippen molar-refractivity contribution < 1.29 is 27.1 Å². The van der Waals surface area contributed by atoms with Gasteiger partial charge in [0, 0.05) is 31.5 Å². The first-order valence-electron chi connectivity index (χ1n) is 15.6. The number of amides is 1. The Kier molecular flexibility index (Phi) is 10.9. The van der Waals surface area contributed by atoms with Crippen LogP contribution in [0.2, 0.25) is 0 Å². The number of fused-ring (bicyclic) bond motifs is 2. The number of hydrogen-bond donors (Lipinski definition) is 2. The van der Waals surface area contributed by atoms with Crippen molar-refractivity contribution in [3.05, 3.63) is 102 Å². The van der Waals surface area contributed by atoms with Crippen molar-refractivity contribution in [2.75, 3.05) is 33.5 Å². The van der Waals surface area contributed by atoms with Crippen LogP contribution < -0.4 is 19.5 Å². The number of benzene rings is 4. The highest BCUT2D eigenvalue weighted by molar-refractivity contribution is 7.89. The van der Waals surface area contributed by atoms with Crippen molar-refractivity contribution in [1.29, 1.82) is 0 Å². The summed E-state index contributed by atoms with van der Waals surface area (Å²) >= 11 is 0. The summed E-state index contributed by atoms with van der Waals surface area (Å²) in [5.41, 5.74) is 2.74. The number of alkyl halides is 1. The summed E-state index contributed by atoms with van der Waals surface area (Å²) in [4.78, 5) is 15.8. The lowest BCUT2D eigenvalue weighted by atomic mass is 9.97. The van der Waals surface area contributed by atoms with E-state index < -0.39 is 22.7 Å². The van der Waals surface area contributed by atoms with Crippen LogP contribution in [0.4, 0.5) is 4.39 Å². The fourth-order valence-electron chi connectivity index (χ4n) is 5.90. The van der Waals surface area contributed by atoms with E-state index in [2.05, 4.69) is 41.9 Å². The molecule has 0 spiro atoms. The number of nitrogens with one attached hydrogen (secondary N) is 2. The fraction of sp³-hybridized carbons (Fsp3) is 0.361. The predicted octanol–water partition coefficient (Wildman–Crippen LogP) is 6.33. The summed E-state index contributed by atoms with van der Waals surface area (Å²) in [7, 11) is -1.91. The average Bonchev–Trinajstić information content (AvgIpc) is 3.03. The molecule has 2 unspecified atom stereocenters. The maximum absolute atomic E-state index is 13.6. The van der Waals surface area contributed by atoms with Crippen molar-refractivity contribution in [3.8, 4) is 11.5 Å². The van der Waals surface area contributed by atoms with Gasteiger partial charge in [0.2, 0.25) is 15.9 Å². The molecule has 1 heterocycles. The van der Waals surface area contributed by atoms with Gasteiger partial charge in [-0.3, -0.25) is 4.79 Å². The lowest BCUT2D eigenvalue weighted by molar-refractivity contribution is -0.122. The smallest absolute Gasteiger partial charge is 0.241 e. The monoisotopic (exact) mass is 647 g/mol. The number of hydrogen-bond acceptors (Lipinski definition) is 6. The van der Waals surface area contributed by atoms with E-state index in [4.69, 9.17) is 9.47 Å². The molecule has 8 nitrogen and oxygen atoms in total. The average molecular weight is 648 g/mol. The number of carbonyl (C=O) groups is 1. The molecule has 0 fully saturated rings. The van der Waals surface area contributed by atoms with E-state index in [-0.39, 0.29) is 29.9 Å². The fourth-order valence-corrected chi connectivity index (χ4v) is 7.16. The molecule has 0 bridgehead atoms. The second kappa shape index (κ2) is 15.1. The summed E-state index contributed by atoms with van der Waals surface area (Å²) in [6, 6.07) is 24.1. The molecule has 0 saturated heterocycles. The molecule has 5 rings (SSSR count). The highest BCUT2D eigenvalue weighted by Gasteiger charge is 2.28. The largest absolute Gasteiger partial charge is 0.493 e. The van der Waals surface area contributed by atoms with Crippen LogP contribution in [0.5, 0.6) is 11.5 Å². The number of ether oxygens (including phenoxy) is 2. The SMILES string of the molecule is CC(C)CN(C)Cc1ccc2c(c1)OCCC2NC(=O)CC(NS(=O)(=O)c1ccc2cc(OCCF)ccc2c1)c1ccccc1. The third kappa shape index (κ3) is 8.63. The molecule has 1 aliphatic rings. The van der Waals surface area contributed by atoms with Gasteiger partial charge in [-0.05, 0) is 65.2 Å². The Morgan fingerprint density at radius 2 is 1.78 bits per heavy atom. The zero-order chi connectivity index (χ0) is 32.7. The van der Waals surface area contributed by atoms with E-state index in [0.717, 1.165) is 35.4 Å². The minimum absolute atomic E-state index is 0.0469. The zero-order valence-electron chi connectivity index (χ0n) is 26.5. The van der Waals surface area contributed by atoms with Crippen molar-refractivity contribution in [2.45, 2.75) is 50.2 Å². The molecule has 244 valence electrons. The summed E-state index contributed by atoms with van der Waals surface area (Å²) in [6.45, 7) is 6.02. The van der Waals surface area contributed by atoms with Crippen LogP contribution >= 0.6 is 0 Å². The first-order chi connectivity index (χ1) is 22.1. The van der Waals surface area contributed by atoms with Gasteiger partial charge in [0.05, 0.1) is 23.6 Å². The lowest BCUT2D eigenvalue weighted by Crippen LogP contribution is -2.36. The predicted molar refractivity (Wildman–Crippen MR) is 178 cm³/mol. The molecule has 0 saturated carbocycles. The Balaban J connectivity index is 1.30. The Morgan fingerprint density at radius 3 is 2.54 bits per heavy atom. The zero-order valence-corrected chi connectivity index (χ0v) is 27.4. The highest BCUT2D eigenvalue weighted by Crippen LogP contribution is 2.34. The van der Waals surface area contributed by atoms with Gasteiger partial charge in [-0.25, -0.2) is 17.5 Å². The molecule has 10 heteroatoms. The first-order valence-corrected chi connectivity index (χ1v) is 17.1. The standard InChI is InChI=1S/C36H42FN3O5S/c1-25(2)23-40(3)24-26-9-14-32-33(15-17-45-35(32)19-26)38-36(41)22-34(27-7-5-4-6-8-27)39-46(42,43)31-13-11-28-20-30(44-18-16-37)12-10-29(28)21-31/h4-14,19-21,25,33-34,39H,15-18,22-24H2,1-3H3,(H,38,41). The molecule has 0 aliphatic carbocycles. The molecule has 1 aliphatic heterocycles. The molecule has 2 N–H and O–H groups in total. The Morgan fingerprint density at radius 1 is 1.02 bits per heavy atom. The molecule has 4 aromatic carbocycles. The minimum atomic E-state index is -4.01. The second-order valence-electron chi connectivity index (χ2n) is 12.2. The van der Waals surface area contributed by atoms with Gasteiger partial charge in [-0.15, -0.1) is 0 Å². The highest BCUT2D eigenvalue weighted by atomic mass is 32.2. The Hall–Kier alpha value is -3.99. The third-order valence-electron chi connectivity index (χ3n) is 7.91. The number of rotatable bonds is 14. The third-order valence-corrected chi connectivity index (χ3v) is 9.38. The Labute approximate surface area is 271 Å². The van der Waals surface area contributed by atoms with E-state index in [0.29, 0.717) is 35.6 Å². The summed E-state index contributed by atoms with van der Waals surface area (Å²) < 4.78 is 53.9. The van der Waals surface area contributed by atoms with E-state index >= 15 is 0 Å². The van der Waals surface area contributed by atoms with Crippen LogP contribution in [0.15, 0.2) is 89.8 Å². The molecule has 0 aromatic heterocycles. The van der Waals surface area contributed by atoms with Gasteiger partial charge in [-0.2, -0.15) is 0 Å². The quantitative estimate of drug-likeness (QED) is 0.166. The summed E-state index contributed by atoms with van der Waals surface area (Å²) in [5.74, 6) is 1.58. The van der Waals surface area contributed by atoms with Crippen molar-refractivity contribution >= 4 is 26.7 Å². The van der Waals surface area contributed by atoms with E-state index in [1.807, 2.05) is 30.3 Å². The summed E-state index contributed by atoms with van der Waals surface area (Å²) in [6.07, 6.45) is 0.529.